The van der Waals surface area contributed by atoms with Crippen LogP contribution in [0.4, 0.5) is 11.4 Å². The molecule has 5 nitrogen and oxygen atoms in total. The average molecular weight is 326 g/mol. The summed E-state index contributed by atoms with van der Waals surface area (Å²) in [6.07, 6.45) is 3.17. The fourth-order valence-electron chi connectivity index (χ4n) is 2.11. The number of hydrogen-bond donors (Lipinski definition) is 2. The normalized spacial score (nSPS) is 10.6. The van der Waals surface area contributed by atoms with Crippen LogP contribution in [0.1, 0.15) is 19.4 Å². The molecule has 2 aromatic carbocycles. The van der Waals surface area contributed by atoms with Crippen molar-refractivity contribution >= 4 is 23.4 Å². The molecule has 126 valence electrons. The first-order valence-corrected chi connectivity index (χ1v) is 7.86. The predicted molar refractivity (Wildman–Crippen MR) is 97.3 cm³/mol. The first-order valence-electron chi connectivity index (χ1n) is 7.86. The highest BCUT2D eigenvalue weighted by molar-refractivity contribution is 6.02. The highest BCUT2D eigenvalue weighted by Gasteiger charge is 2.01. The smallest absolute Gasteiger partial charge is 0.248 e. The van der Waals surface area contributed by atoms with Gasteiger partial charge in [0.15, 0.2) is 0 Å². The van der Waals surface area contributed by atoms with Crippen molar-refractivity contribution in [1.82, 2.24) is 0 Å². The Morgan fingerprint density at radius 2 is 1.79 bits per heavy atom. The molecular weight excluding hydrogens is 304 g/mol. The monoisotopic (exact) mass is 326 g/mol. The van der Waals surface area contributed by atoms with Crippen LogP contribution in [0, 0.1) is 0 Å². The molecule has 0 aromatic heterocycles. The average Bonchev–Trinajstić information content (AvgIpc) is 2.57. The van der Waals surface area contributed by atoms with Crippen LogP contribution in [0.3, 0.4) is 0 Å². The third-order valence-corrected chi connectivity index (χ3v) is 3.19. The molecule has 0 saturated heterocycles. The van der Waals surface area contributed by atoms with E-state index in [2.05, 4.69) is 5.32 Å². The molecule has 3 N–H and O–H groups in total. The zero-order chi connectivity index (χ0) is 17.4. The Morgan fingerprint density at radius 3 is 2.42 bits per heavy atom. The van der Waals surface area contributed by atoms with Crippen LogP contribution in [0.25, 0.3) is 6.08 Å². The van der Waals surface area contributed by atoms with Gasteiger partial charge < -0.3 is 20.5 Å². The quantitative estimate of drug-likeness (QED) is 0.601. The molecule has 0 fully saturated rings. The Morgan fingerprint density at radius 1 is 1.08 bits per heavy atom. The number of nitrogens with one attached hydrogen (secondary N) is 1. The lowest BCUT2D eigenvalue weighted by molar-refractivity contribution is -0.111. The van der Waals surface area contributed by atoms with Crippen LogP contribution in [0.2, 0.25) is 0 Å². The molecule has 1 amide bonds. The number of hydrogen-bond acceptors (Lipinski definition) is 4. The van der Waals surface area contributed by atoms with Crippen LogP contribution in [-0.2, 0) is 4.79 Å². The molecule has 2 rings (SSSR count). The number of benzene rings is 2. The summed E-state index contributed by atoms with van der Waals surface area (Å²) in [6.45, 7) is 5.00. The van der Waals surface area contributed by atoms with Crippen LogP contribution in [-0.4, -0.2) is 19.1 Å². The molecule has 0 aliphatic carbocycles. The van der Waals surface area contributed by atoms with E-state index in [1.807, 2.05) is 32.0 Å². The van der Waals surface area contributed by atoms with Gasteiger partial charge in [-0.1, -0.05) is 6.07 Å². The highest BCUT2D eigenvalue weighted by Crippen LogP contribution is 2.23. The minimum atomic E-state index is -0.216. The summed E-state index contributed by atoms with van der Waals surface area (Å²) in [6, 6.07) is 12.6. The van der Waals surface area contributed by atoms with Gasteiger partial charge in [-0.2, -0.15) is 0 Å². The summed E-state index contributed by atoms with van der Waals surface area (Å²) < 4.78 is 10.7. The Balaban J connectivity index is 1.96. The van der Waals surface area contributed by atoms with Gasteiger partial charge in [0, 0.05) is 11.8 Å². The number of nitrogen functional groups attached to an aromatic ring is 1. The second-order valence-electron chi connectivity index (χ2n) is 5.01. The molecule has 24 heavy (non-hydrogen) atoms. The molecule has 2 aromatic rings. The third-order valence-electron chi connectivity index (χ3n) is 3.19. The number of carbonyl (C=O) groups is 1. The number of ether oxygens (including phenoxy) is 2. The minimum Gasteiger partial charge on any atom is -0.494 e. The van der Waals surface area contributed by atoms with Crippen molar-refractivity contribution in [3.63, 3.8) is 0 Å². The first-order chi connectivity index (χ1) is 11.6. The van der Waals surface area contributed by atoms with Crippen molar-refractivity contribution in [2.75, 3.05) is 24.3 Å². The zero-order valence-electron chi connectivity index (χ0n) is 13.9. The number of rotatable bonds is 7. The Labute approximate surface area is 142 Å². The maximum Gasteiger partial charge on any atom is 0.248 e. The molecule has 0 unspecified atom stereocenters. The molecular formula is C19H22N2O3. The maximum atomic E-state index is 12.0. The van der Waals surface area contributed by atoms with Crippen molar-refractivity contribution in [2.45, 2.75) is 13.8 Å². The van der Waals surface area contributed by atoms with Gasteiger partial charge in [0.1, 0.15) is 11.5 Å². The van der Waals surface area contributed by atoms with Crippen LogP contribution in [0.15, 0.2) is 48.5 Å². The van der Waals surface area contributed by atoms with Crippen molar-refractivity contribution < 1.29 is 14.3 Å². The van der Waals surface area contributed by atoms with Gasteiger partial charge in [-0.25, -0.2) is 0 Å². The van der Waals surface area contributed by atoms with Gasteiger partial charge in [0.25, 0.3) is 0 Å². The van der Waals surface area contributed by atoms with Gasteiger partial charge in [-0.3, -0.25) is 4.79 Å². The second-order valence-corrected chi connectivity index (χ2v) is 5.01. The summed E-state index contributed by atoms with van der Waals surface area (Å²) in [5.74, 6) is 1.20. The topological polar surface area (TPSA) is 73.6 Å². The van der Waals surface area contributed by atoms with E-state index in [1.54, 1.807) is 30.3 Å². The number of nitrogens with two attached hydrogens (primary N) is 1. The molecule has 0 heterocycles. The first kappa shape index (κ1) is 17.4. The summed E-state index contributed by atoms with van der Waals surface area (Å²) in [4.78, 5) is 12.0. The third kappa shape index (κ3) is 5.05. The minimum absolute atomic E-state index is 0.216. The van der Waals surface area contributed by atoms with Crippen molar-refractivity contribution in [2.24, 2.45) is 0 Å². The molecule has 5 heteroatoms. The lowest BCUT2D eigenvalue weighted by Gasteiger charge is -2.07. The van der Waals surface area contributed by atoms with E-state index in [9.17, 15) is 4.79 Å². The number of carbonyl (C=O) groups excluding carboxylic acids is 1. The molecule has 0 aliphatic rings. The van der Waals surface area contributed by atoms with E-state index in [1.165, 1.54) is 6.08 Å². The molecule has 0 atom stereocenters. The van der Waals surface area contributed by atoms with E-state index in [-0.39, 0.29) is 5.91 Å². The second kappa shape index (κ2) is 8.62. The van der Waals surface area contributed by atoms with E-state index in [0.29, 0.717) is 30.3 Å². The van der Waals surface area contributed by atoms with E-state index in [0.717, 1.165) is 11.3 Å². The molecule has 0 radical (unpaired) electrons. The number of amides is 1. The van der Waals surface area contributed by atoms with Gasteiger partial charge in [-0.15, -0.1) is 0 Å². The highest BCUT2D eigenvalue weighted by atomic mass is 16.5. The van der Waals surface area contributed by atoms with Crippen molar-refractivity contribution in [3.05, 3.63) is 54.1 Å². The standard InChI is InChI=1S/C19H22N2O3/c1-3-23-16-9-7-15(8-10-16)21-19(22)12-6-14-5-11-18(24-4-2)17(20)13-14/h5-13H,3-4,20H2,1-2H3,(H,21,22)/b12-6-. The van der Waals surface area contributed by atoms with E-state index >= 15 is 0 Å². The Bertz CT molecular complexity index is 709. The van der Waals surface area contributed by atoms with Crippen molar-refractivity contribution in [1.29, 1.82) is 0 Å². The van der Waals surface area contributed by atoms with E-state index in [4.69, 9.17) is 15.2 Å². The molecule has 0 saturated carbocycles. The lowest BCUT2D eigenvalue weighted by atomic mass is 10.1. The summed E-state index contributed by atoms with van der Waals surface area (Å²) in [5, 5.41) is 2.79. The van der Waals surface area contributed by atoms with Gasteiger partial charge in [0.2, 0.25) is 5.91 Å². The number of anilines is 2. The fourth-order valence-corrected chi connectivity index (χ4v) is 2.11. The Hall–Kier alpha value is -2.95. The largest absolute Gasteiger partial charge is 0.494 e. The predicted octanol–water partition coefficient (Wildman–Crippen LogP) is 3.72. The van der Waals surface area contributed by atoms with Gasteiger partial charge >= 0.3 is 0 Å². The molecule has 0 aliphatic heterocycles. The van der Waals surface area contributed by atoms with E-state index < -0.39 is 0 Å². The van der Waals surface area contributed by atoms with Gasteiger partial charge in [0.05, 0.1) is 18.9 Å². The zero-order valence-corrected chi connectivity index (χ0v) is 13.9. The SMILES string of the molecule is CCOc1ccc(NC(=O)/C=C\c2ccc(OCC)c(N)c2)cc1. The van der Waals surface area contributed by atoms with Crippen molar-refractivity contribution in [3.8, 4) is 11.5 Å². The molecule has 0 spiro atoms. The fraction of sp³-hybridized carbons (Fsp3) is 0.211. The Kier molecular flexibility index (Phi) is 6.25. The summed E-state index contributed by atoms with van der Waals surface area (Å²) >= 11 is 0. The van der Waals surface area contributed by atoms with Crippen LogP contribution >= 0.6 is 0 Å². The summed E-state index contributed by atoms with van der Waals surface area (Å²) in [5.41, 5.74) is 7.99. The maximum absolute atomic E-state index is 12.0. The molecule has 0 bridgehead atoms. The lowest BCUT2D eigenvalue weighted by Crippen LogP contribution is -2.07. The van der Waals surface area contributed by atoms with Gasteiger partial charge in [-0.05, 0) is 61.9 Å². The van der Waals surface area contributed by atoms with Crippen LogP contribution < -0.4 is 20.5 Å². The summed E-state index contributed by atoms with van der Waals surface area (Å²) in [7, 11) is 0. The van der Waals surface area contributed by atoms with Crippen LogP contribution in [0.5, 0.6) is 11.5 Å².